The van der Waals surface area contributed by atoms with E-state index < -0.39 is 0 Å². The normalized spacial score (nSPS) is 18.7. The molecule has 1 aromatic rings. The van der Waals surface area contributed by atoms with E-state index in [4.69, 9.17) is 16.0 Å². The molecule has 96 valence electrons. The van der Waals surface area contributed by atoms with Crippen LogP contribution in [0.4, 0.5) is 4.39 Å². The molecule has 0 saturated heterocycles. The van der Waals surface area contributed by atoms with Crippen LogP contribution >= 0.6 is 0 Å². The third kappa shape index (κ3) is 2.55. The molecule has 0 saturated carbocycles. The van der Waals surface area contributed by atoms with Crippen molar-refractivity contribution in [3.63, 3.8) is 0 Å². The first kappa shape index (κ1) is 12.7. The molecule has 5 nitrogen and oxygen atoms in total. The van der Waals surface area contributed by atoms with E-state index in [1.807, 2.05) is 0 Å². The van der Waals surface area contributed by atoms with Crippen LogP contribution in [-0.2, 0) is 6.42 Å². The molecule has 2 N–H and O–H groups in total. The van der Waals surface area contributed by atoms with Gasteiger partial charge in [-0.05, 0) is 31.0 Å². The summed E-state index contributed by atoms with van der Waals surface area (Å²) in [7, 11) is 0. The van der Waals surface area contributed by atoms with E-state index in [1.54, 1.807) is 6.92 Å². The Hall–Kier alpha value is -1.78. The van der Waals surface area contributed by atoms with Gasteiger partial charge in [-0.2, -0.15) is 0 Å². The Balaban J connectivity index is 2.18. The predicted octanol–water partition coefficient (Wildman–Crippen LogP) is 2.85. The summed E-state index contributed by atoms with van der Waals surface area (Å²) in [6, 6.07) is 2.62. The Bertz CT molecular complexity index is 497. The number of hydrogen-bond acceptors (Lipinski definition) is 3. The molecule has 6 heteroatoms. The summed E-state index contributed by atoms with van der Waals surface area (Å²) in [5.74, 6) is 0.401. The molecule has 0 bridgehead atoms. The van der Waals surface area contributed by atoms with E-state index in [-0.39, 0.29) is 18.0 Å². The molecular weight excluding hydrogens is 235 g/mol. The average Bonchev–Trinajstić information content (AvgIpc) is 2.70. The van der Waals surface area contributed by atoms with Crippen molar-refractivity contribution in [3.05, 3.63) is 39.5 Å². The summed E-state index contributed by atoms with van der Waals surface area (Å²) in [5, 5.41) is 3.47. The highest BCUT2D eigenvalue weighted by molar-refractivity contribution is 5.46. The molecule has 0 radical (unpaired) electrons. The van der Waals surface area contributed by atoms with Crippen LogP contribution in [0.5, 0.6) is 5.75 Å². The largest absolute Gasteiger partial charge is 0.489 e. The number of azide groups is 1. The van der Waals surface area contributed by atoms with Crippen LogP contribution in [0.3, 0.4) is 0 Å². The molecule has 0 spiro atoms. The molecule has 1 aromatic carbocycles. The number of hydrogen-bond donors (Lipinski definition) is 1. The number of ether oxygens (including phenoxy) is 1. The van der Waals surface area contributed by atoms with Crippen molar-refractivity contribution in [1.29, 1.82) is 0 Å². The van der Waals surface area contributed by atoms with Crippen molar-refractivity contribution in [2.24, 2.45) is 10.8 Å². The Kier molecular flexibility index (Phi) is 3.69. The first-order valence-corrected chi connectivity index (χ1v) is 5.87. The summed E-state index contributed by atoms with van der Waals surface area (Å²) in [6.45, 7) is 2.18. The van der Waals surface area contributed by atoms with Gasteiger partial charge in [-0.3, -0.25) is 0 Å². The van der Waals surface area contributed by atoms with Crippen LogP contribution in [0.15, 0.2) is 17.2 Å². The average molecular weight is 250 g/mol. The monoisotopic (exact) mass is 250 g/mol. The van der Waals surface area contributed by atoms with Crippen LogP contribution in [0.25, 0.3) is 10.4 Å². The topological polar surface area (TPSA) is 84.0 Å². The quantitative estimate of drug-likeness (QED) is 0.506. The van der Waals surface area contributed by atoms with E-state index in [2.05, 4.69) is 10.0 Å². The molecule has 1 aliphatic rings. The minimum Gasteiger partial charge on any atom is -0.489 e. The van der Waals surface area contributed by atoms with Crippen molar-refractivity contribution in [2.75, 3.05) is 6.54 Å². The first-order chi connectivity index (χ1) is 8.61. The van der Waals surface area contributed by atoms with Gasteiger partial charge in [-0.1, -0.05) is 5.11 Å². The minimum atomic E-state index is -0.291. The zero-order chi connectivity index (χ0) is 13.1. The molecule has 0 aromatic heterocycles. The Morgan fingerprint density at radius 1 is 1.67 bits per heavy atom. The second kappa shape index (κ2) is 5.25. The third-order valence-electron chi connectivity index (χ3n) is 3.00. The number of benzene rings is 1. The summed E-state index contributed by atoms with van der Waals surface area (Å²) < 4.78 is 19.2. The molecule has 0 fully saturated rings. The lowest BCUT2D eigenvalue weighted by Crippen LogP contribution is -2.14. The lowest BCUT2D eigenvalue weighted by atomic mass is 10.0. The summed E-state index contributed by atoms with van der Waals surface area (Å²) in [4.78, 5) is 2.70. The van der Waals surface area contributed by atoms with E-state index in [0.29, 0.717) is 30.7 Å². The van der Waals surface area contributed by atoms with Gasteiger partial charge >= 0.3 is 0 Å². The highest BCUT2D eigenvalue weighted by Crippen LogP contribution is 2.36. The lowest BCUT2D eigenvalue weighted by molar-refractivity contribution is 0.222. The fraction of sp³-hybridized carbons (Fsp3) is 0.500. The second-order valence-electron chi connectivity index (χ2n) is 4.46. The minimum absolute atomic E-state index is 0.0650. The van der Waals surface area contributed by atoms with Gasteiger partial charge in [0.15, 0.2) is 0 Å². The maximum atomic E-state index is 13.4. The van der Waals surface area contributed by atoms with Gasteiger partial charge in [-0.15, -0.1) is 0 Å². The summed E-state index contributed by atoms with van der Waals surface area (Å²) in [6.07, 6.45) is 1.19. The van der Waals surface area contributed by atoms with E-state index in [1.165, 1.54) is 12.1 Å². The maximum absolute atomic E-state index is 13.4. The Morgan fingerprint density at radius 2 is 2.44 bits per heavy atom. The lowest BCUT2D eigenvalue weighted by Gasteiger charge is -2.13. The van der Waals surface area contributed by atoms with Crippen LogP contribution < -0.4 is 10.5 Å². The highest BCUT2D eigenvalue weighted by atomic mass is 19.1. The maximum Gasteiger partial charge on any atom is 0.128 e. The van der Waals surface area contributed by atoms with Crippen molar-refractivity contribution in [2.45, 2.75) is 31.9 Å². The molecule has 18 heavy (non-hydrogen) atoms. The third-order valence-corrected chi connectivity index (χ3v) is 3.00. The number of rotatable bonds is 4. The van der Waals surface area contributed by atoms with Crippen LogP contribution in [-0.4, -0.2) is 12.6 Å². The highest BCUT2D eigenvalue weighted by Gasteiger charge is 2.26. The number of fused-ring (bicyclic) bond motifs is 1. The van der Waals surface area contributed by atoms with Crippen LogP contribution in [0, 0.1) is 5.82 Å². The number of halogens is 1. The van der Waals surface area contributed by atoms with E-state index >= 15 is 0 Å². The van der Waals surface area contributed by atoms with Gasteiger partial charge < -0.3 is 10.5 Å². The molecule has 2 unspecified atom stereocenters. The molecule has 2 atom stereocenters. The number of nitrogens with two attached hydrogens (primary N) is 1. The van der Waals surface area contributed by atoms with Gasteiger partial charge in [0.05, 0.1) is 0 Å². The van der Waals surface area contributed by atoms with Crippen LogP contribution in [0.2, 0.25) is 0 Å². The summed E-state index contributed by atoms with van der Waals surface area (Å²) >= 11 is 0. The zero-order valence-corrected chi connectivity index (χ0v) is 10.1. The van der Waals surface area contributed by atoms with E-state index in [0.717, 1.165) is 5.56 Å². The Morgan fingerprint density at radius 3 is 3.11 bits per heavy atom. The molecule has 2 rings (SSSR count). The summed E-state index contributed by atoms with van der Waals surface area (Å²) in [5.41, 5.74) is 15.6. The SMILES string of the molecule is CC(N)c1cc(F)cc2c1OC(CCN=[N+]=[N-])C2. The van der Waals surface area contributed by atoms with Gasteiger partial charge in [0.25, 0.3) is 0 Å². The van der Waals surface area contributed by atoms with Crippen molar-refractivity contribution >= 4 is 0 Å². The van der Waals surface area contributed by atoms with Crippen LogP contribution in [0.1, 0.15) is 30.5 Å². The molecule has 1 heterocycles. The molecule has 1 aliphatic heterocycles. The number of nitrogens with zero attached hydrogens (tertiary/aromatic N) is 3. The molecule has 0 amide bonds. The molecule has 0 aliphatic carbocycles. The zero-order valence-electron chi connectivity index (χ0n) is 10.1. The first-order valence-electron chi connectivity index (χ1n) is 5.87. The van der Waals surface area contributed by atoms with Gasteiger partial charge in [0, 0.05) is 35.0 Å². The Labute approximate surface area is 104 Å². The second-order valence-corrected chi connectivity index (χ2v) is 4.46. The molecular formula is C12H15FN4O. The van der Waals surface area contributed by atoms with Gasteiger partial charge in [0.1, 0.15) is 17.7 Å². The standard InChI is InChI=1S/C12H15FN4O/c1-7(14)11-6-9(13)4-8-5-10(18-12(8)11)2-3-16-17-15/h4,6-7,10H,2-3,5,14H2,1H3. The van der Waals surface area contributed by atoms with E-state index in [9.17, 15) is 4.39 Å². The van der Waals surface area contributed by atoms with Gasteiger partial charge in [0.2, 0.25) is 0 Å². The van der Waals surface area contributed by atoms with Crippen molar-refractivity contribution in [1.82, 2.24) is 0 Å². The van der Waals surface area contributed by atoms with Gasteiger partial charge in [-0.25, -0.2) is 4.39 Å². The predicted molar refractivity (Wildman–Crippen MR) is 65.8 cm³/mol. The smallest absolute Gasteiger partial charge is 0.128 e. The fourth-order valence-electron chi connectivity index (χ4n) is 2.17. The fourth-order valence-corrected chi connectivity index (χ4v) is 2.17. The van der Waals surface area contributed by atoms with Crippen molar-refractivity contribution in [3.8, 4) is 5.75 Å². The van der Waals surface area contributed by atoms with Crippen molar-refractivity contribution < 1.29 is 9.13 Å².